The number of aromatic nitrogens is 2. The van der Waals surface area contributed by atoms with Crippen LogP contribution in [-0.2, 0) is 0 Å². The van der Waals surface area contributed by atoms with Crippen LogP contribution in [0.25, 0.3) is 0 Å². The van der Waals surface area contributed by atoms with E-state index < -0.39 is 0 Å². The molecular weight excluding hydrogens is 356 g/mol. The predicted molar refractivity (Wildman–Crippen MR) is 103 cm³/mol. The highest BCUT2D eigenvalue weighted by Gasteiger charge is 2.07. The second-order valence-electron chi connectivity index (χ2n) is 5.73. The molecule has 0 spiro atoms. The third kappa shape index (κ3) is 4.37. The maximum atomic E-state index is 9.82. The van der Waals surface area contributed by atoms with Gasteiger partial charge < -0.3 is 19.3 Å². The molecule has 0 aliphatic carbocycles. The standard InChI is InChI=1S/C22H16N2O4/c25-18-9-1-2-10-19(18)28-22-13-6-12-21(24-22)27-17-8-5-7-16(15-17)26-20-11-3-4-14-23-20/h1-15,25H. The van der Waals surface area contributed by atoms with Crippen molar-refractivity contribution in [3.05, 3.63) is 91.1 Å². The summed E-state index contributed by atoms with van der Waals surface area (Å²) in [6.07, 6.45) is 1.66. The predicted octanol–water partition coefficient (Wildman–Crippen LogP) is 5.56. The summed E-state index contributed by atoms with van der Waals surface area (Å²) in [5.74, 6) is 2.66. The van der Waals surface area contributed by atoms with E-state index in [2.05, 4.69) is 9.97 Å². The first-order valence-electron chi connectivity index (χ1n) is 8.56. The number of benzene rings is 2. The number of rotatable bonds is 6. The van der Waals surface area contributed by atoms with Gasteiger partial charge in [0.2, 0.25) is 17.6 Å². The molecule has 6 nitrogen and oxygen atoms in total. The molecule has 2 aromatic carbocycles. The number of nitrogens with zero attached hydrogens (tertiary/aromatic N) is 2. The van der Waals surface area contributed by atoms with Crippen molar-refractivity contribution in [3.63, 3.8) is 0 Å². The van der Waals surface area contributed by atoms with Crippen LogP contribution in [-0.4, -0.2) is 15.1 Å². The van der Waals surface area contributed by atoms with Gasteiger partial charge in [0, 0.05) is 30.5 Å². The number of pyridine rings is 2. The fraction of sp³-hybridized carbons (Fsp3) is 0. The van der Waals surface area contributed by atoms with Gasteiger partial charge >= 0.3 is 0 Å². The molecule has 4 aromatic rings. The second kappa shape index (κ2) is 8.09. The lowest BCUT2D eigenvalue weighted by Crippen LogP contribution is -1.92. The number of aromatic hydroxyl groups is 1. The van der Waals surface area contributed by atoms with Gasteiger partial charge in [-0.3, -0.25) is 0 Å². The van der Waals surface area contributed by atoms with Crippen molar-refractivity contribution in [3.8, 4) is 40.6 Å². The van der Waals surface area contributed by atoms with E-state index in [0.717, 1.165) is 0 Å². The lowest BCUT2D eigenvalue weighted by Gasteiger charge is -2.10. The zero-order valence-corrected chi connectivity index (χ0v) is 14.7. The molecule has 0 atom stereocenters. The largest absolute Gasteiger partial charge is 0.504 e. The molecule has 0 aliphatic rings. The van der Waals surface area contributed by atoms with Crippen LogP contribution >= 0.6 is 0 Å². The first-order chi connectivity index (χ1) is 13.8. The minimum atomic E-state index is 0.0370. The normalized spacial score (nSPS) is 10.3. The van der Waals surface area contributed by atoms with Gasteiger partial charge in [0.25, 0.3) is 0 Å². The summed E-state index contributed by atoms with van der Waals surface area (Å²) in [5, 5.41) is 9.82. The van der Waals surface area contributed by atoms with E-state index in [4.69, 9.17) is 14.2 Å². The molecule has 28 heavy (non-hydrogen) atoms. The zero-order chi connectivity index (χ0) is 19.2. The minimum Gasteiger partial charge on any atom is -0.504 e. The van der Waals surface area contributed by atoms with Crippen LogP contribution in [0.15, 0.2) is 91.1 Å². The summed E-state index contributed by atoms with van der Waals surface area (Å²) in [7, 11) is 0. The van der Waals surface area contributed by atoms with Crippen molar-refractivity contribution in [2.45, 2.75) is 0 Å². The van der Waals surface area contributed by atoms with E-state index in [1.165, 1.54) is 0 Å². The number of phenolic OH excluding ortho intramolecular Hbond substituents is 1. The van der Waals surface area contributed by atoms with Gasteiger partial charge in [0.05, 0.1) is 0 Å². The number of hydrogen-bond acceptors (Lipinski definition) is 6. The van der Waals surface area contributed by atoms with E-state index in [0.29, 0.717) is 34.9 Å². The van der Waals surface area contributed by atoms with Crippen molar-refractivity contribution in [1.29, 1.82) is 0 Å². The van der Waals surface area contributed by atoms with Crippen molar-refractivity contribution in [1.82, 2.24) is 9.97 Å². The van der Waals surface area contributed by atoms with E-state index >= 15 is 0 Å². The van der Waals surface area contributed by atoms with Crippen LogP contribution in [0, 0.1) is 0 Å². The summed E-state index contributed by atoms with van der Waals surface area (Å²) in [5.41, 5.74) is 0. The maximum absolute atomic E-state index is 9.82. The first kappa shape index (κ1) is 17.4. The number of ether oxygens (including phenoxy) is 3. The minimum absolute atomic E-state index is 0.0370. The average Bonchev–Trinajstić information content (AvgIpc) is 2.71. The van der Waals surface area contributed by atoms with Crippen LogP contribution in [0.3, 0.4) is 0 Å². The topological polar surface area (TPSA) is 73.7 Å². The Hall–Kier alpha value is -4.06. The Kier molecular flexibility index (Phi) is 5.02. The summed E-state index contributed by atoms with van der Waals surface area (Å²) in [6.45, 7) is 0. The van der Waals surface area contributed by atoms with Gasteiger partial charge in [-0.1, -0.05) is 30.3 Å². The molecule has 0 amide bonds. The summed E-state index contributed by atoms with van der Waals surface area (Å²) >= 11 is 0. The molecule has 0 saturated heterocycles. The van der Waals surface area contributed by atoms with Crippen molar-refractivity contribution < 1.29 is 19.3 Å². The Morgan fingerprint density at radius 2 is 1.25 bits per heavy atom. The van der Waals surface area contributed by atoms with Gasteiger partial charge in [-0.2, -0.15) is 4.98 Å². The Labute approximate surface area is 161 Å². The fourth-order valence-electron chi connectivity index (χ4n) is 2.42. The van der Waals surface area contributed by atoms with Crippen LogP contribution in [0.1, 0.15) is 0 Å². The highest BCUT2D eigenvalue weighted by Crippen LogP contribution is 2.31. The van der Waals surface area contributed by atoms with E-state index in [-0.39, 0.29) is 5.75 Å². The highest BCUT2D eigenvalue weighted by atomic mass is 16.5. The quantitative estimate of drug-likeness (QED) is 0.478. The lowest BCUT2D eigenvalue weighted by molar-refractivity contribution is 0.392. The third-order valence-corrected chi connectivity index (χ3v) is 3.67. The van der Waals surface area contributed by atoms with E-state index in [1.807, 2.05) is 24.3 Å². The molecule has 0 unspecified atom stereocenters. The Morgan fingerprint density at radius 1 is 0.607 bits per heavy atom. The van der Waals surface area contributed by atoms with Crippen molar-refractivity contribution >= 4 is 0 Å². The molecule has 2 heterocycles. The molecule has 0 saturated carbocycles. The summed E-state index contributed by atoms with van der Waals surface area (Å²) < 4.78 is 17.1. The number of para-hydroxylation sites is 2. The Balaban J connectivity index is 1.49. The smallest absolute Gasteiger partial charge is 0.222 e. The van der Waals surface area contributed by atoms with Gasteiger partial charge in [-0.25, -0.2) is 4.98 Å². The van der Waals surface area contributed by atoms with Gasteiger partial charge in [0.15, 0.2) is 11.5 Å². The van der Waals surface area contributed by atoms with Crippen molar-refractivity contribution in [2.24, 2.45) is 0 Å². The molecule has 2 aromatic heterocycles. The average molecular weight is 372 g/mol. The van der Waals surface area contributed by atoms with Gasteiger partial charge in [0.1, 0.15) is 11.5 Å². The van der Waals surface area contributed by atoms with Crippen LogP contribution in [0.4, 0.5) is 0 Å². The molecule has 0 aliphatic heterocycles. The monoisotopic (exact) mass is 372 g/mol. The molecule has 138 valence electrons. The molecule has 0 fully saturated rings. The van der Waals surface area contributed by atoms with Gasteiger partial charge in [-0.15, -0.1) is 0 Å². The third-order valence-electron chi connectivity index (χ3n) is 3.67. The molecule has 4 rings (SSSR count). The Morgan fingerprint density at radius 3 is 2.00 bits per heavy atom. The Bertz CT molecular complexity index is 1070. The van der Waals surface area contributed by atoms with Crippen molar-refractivity contribution in [2.75, 3.05) is 0 Å². The number of hydrogen-bond donors (Lipinski definition) is 1. The van der Waals surface area contributed by atoms with E-state index in [1.54, 1.807) is 66.9 Å². The van der Waals surface area contributed by atoms with E-state index in [9.17, 15) is 5.11 Å². The fourth-order valence-corrected chi connectivity index (χ4v) is 2.42. The summed E-state index contributed by atoms with van der Waals surface area (Å²) in [6, 6.07) is 24.4. The zero-order valence-electron chi connectivity index (χ0n) is 14.7. The molecule has 1 N–H and O–H groups in total. The molecule has 6 heteroatoms. The SMILES string of the molecule is Oc1ccccc1Oc1cccc(Oc2cccc(Oc3ccccn3)c2)n1. The molecule has 0 radical (unpaired) electrons. The van der Waals surface area contributed by atoms with Gasteiger partial charge in [-0.05, 0) is 30.3 Å². The second-order valence-corrected chi connectivity index (χ2v) is 5.73. The molecule has 0 bridgehead atoms. The molecular formula is C22H16N2O4. The first-order valence-corrected chi connectivity index (χ1v) is 8.56. The lowest BCUT2D eigenvalue weighted by atomic mass is 10.3. The van der Waals surface area contributed by atoms with Crippen LogP contribution in [0.5, 0.6) is 40.6 Å². The summed E-state index contributed by atoms with van der Waals surface area (Å²) in [4.78, 5) is 8.44. The maximum Gasteiger partial charge on any atom is 0.222 e. The van der Waals surface area contributed by atoms with Crippen LogP contribution < -0.4 is 14.2 Å². The highest BCUT2D eigenvalue weighted by molar-refractivity contribution is 5.41. The number of phenols is 1. The van der Waals surface area contributed by atoms with Crippen LogP contribution in [0.2, 0.25) is 0 Å².